The van der Waals surface area contributed by atoms with Gasteiger partial charge in [0.15, 0.2) is 0 Å². The number of aromatic nitrogens is 3. The molecule has 1 atom stereocenters. The van der Waals surface area contributed by atoms with Gasteiger partial charge >= 0.3 is 0 Å². The van der Waals surface area contributed by atoms with Crippen LogP contribution < -0.4 is 10.2 Å². The van der Waals surface area contributed by atoms with Gasteiger partial charge in [-0.3, -0.25) is 4.90 Å². The molecule has 8 heteroatoms. The summed E-state index contributed by atoms with van der Waals surface area (Å²) in [5.41, 5.74) is 3.48. The van der Waals surface area contributed by atoms with Crippen molar-refractivity contribution < 1.29 is 9.84 Å². The number of hydrogen-bond acceptors (Lipinski definition) is 7. The molecule has 31 heavy (non-hydrogen) atoms. The standard InChI is InChI=1S/C23H28N6O2/c1-18-13-19(25-22-24-17-29(26-22)20-5-3-2-4-6-20)15-21(14-18)27-8-10-28(11-9-27)23(30)7-12-31-16-23/h2-6,13-15,17,30H,7-12,16H2,1H3,(H,25,26). The lowest BCUT2D eigenvalue weighted by molar-refractivity contribution is -0.110. The third kappa shape index (κ3) is 4.27. The Morgan fingerprint density at radius 1 is 1.03 bits per heavy atom. The summed E-state index contributed by atoms with van der Waals surface area (Å²) in [7, 11) is 0. The summed E-state index contributed by atoms with van der Waals surface area (Å²) in [6.07, 6.45) is 2.40. The summed E-state index contributed by atoms with van der Waals surface area (Å²) in [6.45, 7) is 6.52. The van der Waals surface area contributed by atoms with E-state index in [0.29, 0.717) is 25.6 Å². The lowest BCUT2D eigenvalue weighted by Crippen LogP contribution is -2.57. The third-order valence-electron chi connectivity index (χ3n) is 6.04. The van der Waals surface area contributed by atoms with Crippen LogP contribution in [0.4, 0.5) is 17.3 Å². The SMILES string of the molecule is Cc1cc(Nc2ncn(-c3ccccc3)n2)cc(N2CCN(C3(O)CCOC3)CC2)c1. The maximum absolute atomic E-state index is 10.8. The van der Waals surface area contributed by atoms with Crippen LogP contribution in [0.2, 0.25) is 0 Å². The highest BCUT2D eigenvalue weighted by Crippen LogP contribution is 2.28. The summed E-state index contributed by atoms with van der Waals surface area (Å²) < 4.78 is 7.18. The maximum Gasteiger partial charge on any atom is 0.246 e. The second-order valence-electron chi connectivity index (χ2n) is 8.29. The minimum absolute atomic E-state index is 0.411. The Kier molecular flexibility index (Phi) is 5.35. The van der Waals surface area contributed by atoms with E-state index in [1.54, 1.807) is 11.0 Å². The van der Waals surface area contributed by atoms with Crippen LogP contribution in [0, 0.1) is 6.92 Å². The van der Waals surface area contributed by atoms with Crippen LogP contribution in [-0.2, 0) is 4.74 Å². The number of aryl methyl sites for hydroxylation is 1. The topological polar surface area (TPSA) is 78.7 Å². The number of piperazine rings is 1. The quantitative estimate of drug-likeness (QED) is 0.657. The molecule has 0 aliphatic carbocycles. The van der Waals surface area contributed by atoms with Gasteiger partial charge in [0.05, 0.1) is 18.9 Å². The predicted octanol–water partition coefficient (Wildman–Crippen LogP) is 2.55. The second kappa shape index (κ2) is 8.30. The Bertz CT molecular complexity index is 1020. The van der Waals surface area contributed by atoms with E-state index in [9.17, 15) is 5.11 Å². The first kappa shape index (κ1) is 20.0. The van der Waals surface area contributed by atoms with Gasteiger partial charge in [-0.2, -0.15) is 4.98 Å². The number of nitrogens with one attached hydrogen (secondary N) is 1. The van der Waals surface area contributed by atoms with Crippen LogP contribution >= 0.6 is 0 Å². The van der Waals surface area contributed by atoms with Crippen molar-refractivity contribution in [3.8, 4) is 5.69 Å². The van der Waals surface area contributed by atoms with Gasteiger partial charge in [0.1, 0.15) is 12.1 Å². The van der Waals surface area contributed by atoms with E-state index < -0.39 is 5.72 Å². The van der Waals surface area contributed by atoms with Crippen molar-refractivity contribution in [3.63, 3.8) is 0 Å². The van der Waals surface area contributed by atoms with Crippen LogP contribution in [0.3, 0.4) is 0 Å². The van der Waals surface area contributed by atoms with Crippen LogP contribution in [0.25, 0.3) is 5.69 Å². The van der Waals surface area contributed by atoms with Gasteiger partial charge in [-0.15, -0.1) is 5.10 Å². The van der Waals surface area contributed by atoms with Crippen molar-refractivity contribution in [2.75, 3.05) is 49.6 Å². The smallest absolute Gasteiger partial charge is 0.246 e. The summed E-state index contributed by atoms with van der Waals surface area (Å²) in [5.74, 6) is 0.564. The summed E-state index contributed by atoms with van der Waals surface area (Å²) in [5, 5.41) is 18.6. The normalized spacial score (nSPS) is 22.1. The number of nitrogens with zero attached hydrogens (tertiary/aromatic N) is 5. The Hall–Kier alpha value is -2.94. The molecule has 2 aromatic carbocycles. The van der Waals surface area contributed by atoms with Gasteiger partial charge in [-0.25, -0.2) is 4.68 Å². The molecule has 8 nitrogen and oxygen atoms in total. The number of aliphatic hydroxyl groups is 1. The van der Waals surface area contributed by atoms with E-state index in [1.165, 1.54) is 11.3 Å². The van der Waals surface area contributed by atoms with Gasteiger partial charge in [-0.05, 0) is 42.8 Å². The molecule has 0 saturated carbocycles. The molecule has 3 heterocycles. The minimum atomic E-state index is -0.797. The van der Waals surface area contributed by atoms with Crippen LogP contribution in [-0.4, -0.2) is 69.9 Å². The first-order valence-corrected chi connectivity index (χ1v) is 10.8. The van der Waals surface area contributed by atoms with E-state index in [2.05, 4.69) is 50.3 Å². The molecule has 1 aromatic heterocycles. The molecule has 0 amide bonds. The number of rotatable bonds is 5. The van der Waals surface area contributed by atoms with Crippen molar-refractivity contribution in [3.05, 3.63) is 60.4 Å². The van der Waals surface area contributed by atoms with Crippen molar-refractivity contribution in [1.29, 1.82) is 0 Å². The fraction of sp³-hybridized carbons (Fsp3) is 0.391. The summed E-state index contributed by atoms with van der Waals surface area (Å²) in [6, 6.07) is 16.4. The van der Waals surface area contributed by atoms with Gasteiger partial charge in [0, 0.05) is 44.0 Å². The van der Waals surface area contributed by atoms with Crippen molar-refractivity contribution >= 4 is 17.3 Å². The molecule has 2 aliphatic rings. The third-order valence-corrected chi connectivity index (χ3v) is 6.04. The van der Waals surface area contributed by atoms with E-state index >= 15 is 0 Å². The molecule has 0 radical (unpaired) electrons. The Balaban J connectivity index is 1.27. The molecule has 1 unspecified atom stereocenters. The summed E-state index contributed by atoms with van der Waals surface area (Å²) in [4.78, 5) is 8.93. The fourth-order valence-electron chi connectivity index (χ4n) is 4.35. The number of ether oxygens (including phenoxy) is 1. The van der Waals surface area contributed by atoms with Gasteiger partial charge in [0.25, 0.3) is 0 Å². The fourth-order valence-corrected chi connectivity index (χ4v) is 4.35. The first-order valence-electron chi connectivity index (χ1n) is 10.8. The lowest BCUT2D eigenvalue weighted by atomic mass is 10.1. The average Bonchev–Trinajstić information content (AvgIpc) is 3.44. The highest BCUT2D eigenvalue weighted by Gasteiger charge is 2.39. The average molecular weight is 421 g/mol. The number of hydrogen-bond donors (Lipinski definition) is 2. The molecule has 2 aliphatic heterocycles. The molecule has 2 fully saturated rings. The Labute approximate surface area is 182 Å². The predicted molar refractivity (Wildman–Crippen MR) is 120 cm³/mol. The van der Waals surface area contributed by atoms with E-state index in [1.807, 2.05) is 30.3 Å². The molecular formula is C23H28N6O2. The van der Waals surface area contributed by atoms with Crippen LogP contribution in [0.15, 0.2) is 54.9 Å². The Morgan fingerprint density at radius 3 is 2.58 bits per heavy atom. The second-order valence-corrected chi connectivity index (χ2v) is 8.29. The maximum atomic E-state index is 10.8. The zero-order valence-corrected chi connectivity index (χ0v) is 17.7. The summed E-state index contributed by atoms with van der Waals surface area (Å²) >= 11 is 0. The number of anilines is 3. The van der Waals surface area contributed by atoms with Gasteiger partial charge < -0.3 is 20.1 Å². The largest absolute Gasteiger partial charge is 0.377 e. The molecule has 162 valence electrons. The molecule has 5 rings (SSSR count). The highest BCUT2D eigenvalue weighted by molar-refractivity contribution is 5.64. The zero-order valence-electron chi connectivity index (χ0n) is 17.7. The molecule has 2 N–H and O–H groups in total. The first-order chi connectivity index (χ1) is 15.1. The lowest BCUT2D eigenvalue weighted by Gasteiger charge is -2.42. The number of para-hydroxylation sites is 1. The van der Waals surface area contributed by atoms with E-state index in [4.69, 9.17) is 4.74 Å². The number of benzene rings is 2. The van der Waals surface area contributed by atoms with E-state index in [0.717, 1.165) is 37.6 Å². The highest BCUT2D eigenvalue weighted by atomic mass is 16.5. The molecule has 0 spiro atoms. The van der Waals surface area contributed by atoms with Crippen molar-refractivity contribution in [2.24, 2.45) is 0 Å². The molecule has 2 saturated heterocycles. The van der Waals surface area contributed by atoms with Crippen LogP contribution in [0.5, 0.6) is 0 Å². The zero-order chi connectivity index (χ0) is 21.3. The molecular weight excluding hydrogens is 392 g/mol. The van der Waals surface area contributed by atoms with Crippen molar-refractivity contribution in [1.82, 2.24) is 19.7 Å². The minimum Gasteiger partial charge on any atom is -0.377 e. The molecule has 3 aromatic rings. The van der Waals surface area contributed by atoms with Crippen molar-refractivity contribution in [2.45, 2.75) is 19.1 Å². The Morgan fingerprint density at radius 2 is 1.84 bits per heavy atom. The monoisotopic (exact) mass is 420 g/mol. The van der Waals surface area contributed by atoms with Crippen LogP contribution in [0.1, 0.15) is 12.0 Å². The van der Waals surface area contributed by atoms with Gasteiger partial charge in [-0.1, -0.05) is 18.2 Å². The van der Waals surface area contributed by atoms with Gasteiger partial charge in [0.2, 0.25) is 5.95 Å². The van der Waals surface area contributed by atoms with E-state index in [-0.39, 0.29) is 0 Å². The molecule has 0 bridgehead atoms.